The standard InChI is InChI=1S/C9H11Cl5N3O3P3/c1-18-6-7-19-8-2-4-9(5-3-8)20-23(14)16-21(10,11)15-22(12,13)17-23/h2-5H,6-7H2,1H3. The van der Waals surface area contributed by atoms with Crippen LogP contribution in [0, 0.1) is 0 Å². The first-order valence-corrected chi connectivity index (χ1v) is 15.5. The molecular formula is C9H11Cl5N3O3P3. The number of nitrogens with zero attached hydrogens (tertiary/aromatic N) is 3. The largest absolute Gasteiger partial charge is 0.491 e. The zero-order valence-corrected chi connectivity index (χ0v) is 18.0. The zero-order valence-electron chi connectivity index (χ0n) is 11.5. The Balaban J connectivity index is 2.18. The highest BCUT2D eigenvalue weighted by Gasteiger charge is 2.34. The van der Waals surface area contributed by atoms with E-state index in [9.17, 15) is 0 Å². The Hall–Kier alpha value is 0.920. The van der Waals surface area contributed by atoms with Crippen LogP contribution in [0.4, 0.5) is 0 Å². The van der Waals surface area contributed by atoms with Crippen molar-refractivity contribution in [3.63, 3.8) is 0 Å². The molecule has 0 bridgehead atoms. The third-order valence-corrected chi connectivity index (χ3v) is 14.2. The summed E-state index contributed by atoms with van der Waals surface area (Å²) in [5.74, 6) is -5.15. The quantitative estimate of drug-likeness (QED) is 0.306. The molecular weight excluding hydrogens is 468 g/mol. The molecule has 0 aliphatic carbocycles. The lowest BCUT2D eigenvalue weighted by Crippen LogP contribution is -2.03. The van der Waals surface area contributed by atoms with Gasteiger partial charge in [0.2, 0.25) is 0 Å². The third-order valence-electron chi connectivity index (χ3n) is 2.25. The summed E-state index contributed by atoms with van der Waals surface area (Å²) in [5.41, 5.74) is 0. The molecule has 0 amide bonds. The van der Waals surface area contributed by atoms with Crippen molar-refractivity contribution in [2.24, 2.45) is 13.5 Å². The molecule has 0 N–H and O–H groups in total. The van der Waals surface area contributed by atoms with E-state index < -0.39 is 18.6 Å². The molecule has 1 aliphatic heterocycles. The van der Waals surface area contributed by atoms with E-state index in [0.29, 0.717) is 24.7 Å². The molecule has 14 heteroatoms. The highest BCUT2D eigenvalue weighted by atomic mass is 35.9. The third kappa shape index (κ3) is 6.62. The predicted octanol–water partition coefficient (Wildman–Crippen LogP) is 8.14. The Morgan fingerprint density at radius 1 is 0.826 bits per heavy atom. The maximum Gasteiger partial charge on any atom is 0.350 e. The molecule has 1 unspecified atom stereocenters. The van der Waals surface area contributed by atoms with E-state index in [2.05, 4.69) is 13.5 Å². The van der Waals surface area contributed by atoms with Gasteiger partial charge in [-0.1, -0.05) is 0 Å². The minimum atomic E-state index is -3.23. The number of methoxy groups -OCH3 is 1. The molecule has 0 fully saturated rings. The summed E-state index contributed by atoms with van der Waals surface area (Å²) in [5, 5.41) is 0. The highest BCUT2D eigenvalue weighted by molar-refractivity contribution is 8.22. The summed E-state index contributed by atoms with van der Waals surface area (Å²) in [6.45, 7) is -2.30. The van der Waals surface area contributed by atoms with Gasteiger partial charge in [0.05, 0.1) is 6.61 Å². The molecule has 1 heterocycles. The fourth-order valence-corrected chi connectivity index (χ4v) is 18.0. The highest BCUT2D eigenvalue weighted by Crippen LogP contribution is 2.86. The van der Waals surface area contributed by atoms with Crippen LogP contribution in [-0.2, 0) is 4.74 Å². The van der Waals surface area contributed by atoms with Crippen molar-refractivity contribution >= 4 is 74.8 Å². The molecule has 0 radical (unpaired) electrons. The average molecular weight is 479 g/mol. The number of rotatable bonds is 6. The van der Waals surface area contributed by atoms with E-state index in [0.717, 1.165) is 0 Å². The number of hydrogen-bond donors (Lipinski definition) is 0. The van der Waals surface area contributed by atoms with Gasteiger partial charge in [-0.05, 0) is 80.5 Å². The first kappa shape index (κ1) is 20.2. The van der Waals surface area contributed by atoms with Crippen molar-refractivity contribution in [2.75, 3.05) is 20.3 Å². The lowest BCUT2D eigenvalue weighted by molar-refractivity contribution is 0.146. The SMILES string of the molecule is COCCOc1ccc(OP2(Cl)=NP(Cl)(Cl)=NP(Cl)(Cl)=N2)cc1. The second-order valence-electron chi connectivity index (χ2n) is 4.06. The van der Waals surface area contributed by atoms with Gasteiger partial charge in [-0.15, -0.1) is 0 Å². The van der Waals surface area contributed by atoms with Gasteiger partial charge in [0.25, 0.3) is 11.8 Å². The summed E-state index contributed by atoms with van der Waals surface area (Å²) < 4.78 is 27.8. The summed E-state index contributed by atoms with van der Waals surface area (Å²) in [7, 11) is 1.60. The van der Waals surface area contributed by atoms with Gasteiger partial charge in [-0.25, -0.2) is 0 Å². The predicted molar refractivity (Wildman–Crippen MR) is 102 cm³/mol. The van der Waals surface area contributed by atoms with Crippen LogP contribution >= 0.6 is 74.8 Å². The molecule has 0 aromatic heterocycles. The van der Waals surface area contributed by atoms with Gasteiger partial charge in [-0.2, -0.15) is 13.5 Å². The van der Waals surface area contributed by atoms with Crippen molar-refractivity contribution in [3.05, 3.63) is 24.3 Å². The molecule has 0 saturated heterocycles. The Labute approximate surface area is 158 Å². The molecule has 0 saturated carbocycles. The molecule has 1 aliphatic rings. The molecule has 1 aromatic carbocycles. The second kappa shape index (κ2) is 8.08. The number of hydrogen-bond acceptors (Lipinski definition) is 6. The van der Waals surface area contributed by atoms with Crippen molar-refractivity contribution in [2.45, 2.75) is 0 Å². The first-order chi connectivity index (χ1) is 10.6. The van der Waals surface area contributed by atoms with E-state index in [1.54, 1.807) is 31.4 Å². The van der Waals surface area contributed by atoms with E-state index >= 15 is 0 Å². The van der Waals surface area contributed by atoms with Crippen LogP contribution in [0.5, 0.6) is 11.5 Å². The molecule has 1 aromatic rings. The molecule has 6 nitrogen and oxygen atoms in total. The second-order valence-corrected chi connectivity index (χ2v) is 17.2. The van der Waals surface area contributed by atoms with Crippen LogP contribution in [0.3, 0.4) is 0 Å². The van der Waals surface area contributed by atoms with Gasteiger partial charge >= 0.3 is 6.78 Å². The lowest BCUT2D eigenvalue weighted by atomic mass is 10.3. The molecule has 0 spiro atoms. The monoisotopic (exact) mass is 477 g/mol. The summed E-state index contributed by atoms with van der Waals surface area (Å²) in [6, 6.07) is 6.70. The van der Waals surface area contributed by atoms with Gasteiger partial charge in [0.15, 0.2) is 0 Å². The smallest absolute Gasteiger partial charge is 0.350 e. The van der Waals surface area contributed by atoms with Gasteiger partial charge in [0.1, 0.15) is 18.1 Å². The van der Waals surface area contributed by atoms with Gasteiger partial charge in [0, 0.05) is 7.11 Å². The van der Waals surface area contributed by atoms with Crippen LogP contribution in [-0.4, -0.2) is 20.3 Å². The van der Waals surface area contributed by atoms with Crippen LogP contribution in [0.25, 0.3) is 0 Å². The number of ether oxygens (including phenoxy) is 2. The summed E-state index contributed by atoms with van der Waals surface area (Å²) in [6.07, 6.45) is 0. The maximum absolute atomic E-state index is 6.29. The maximum atomic E-state index is 6.29. The minimum Gasteiger partial charge on any atom is -0.491 e. The van der Waals surface area contributed by atoms with Crippen LogP contribution in [0.2, 0.25) is 0 Å². The normalized spacial score (nSPS) is 24.8. The summed E-state index contributed by atoms with van der Waals surface area (Å²) in [4.78, 5) is 0. The lowest BCUT2D eigenvalue weighted by Gasteiger charge is -2.21. The average Bonchev–Trinajstić information content (AvgIpc) is 2.36. The van der Waals surface area contributed by atoms with E-state index in [1.165, 1.54) is 0 Å². The Morgan fingerprint density at radius 3 is 1.96 bits per heavy atom. The van der Waals surface area contributed by atoms with Crippen molar-refractivity contribution < 1.29 is 14.0 Å². The Bertz CT molecular complexity index is 722. The van der Waals surface area contributed by atoms with E-state index in [1.807, 2.05) is 0 Å². The topological polar surface area (TPSA) is 64.8 Å². The zero-order chi connectivity index (χ0) is 17.1. The first-order valence-electron chi connectivity index (χ1n) is 5.94. The molecule has 23 heavy (non-hydrogen) atoms. The van der Waals surface area contributed by atoms with Gasteiger partial charge in [-0.3, -0.25) is 0 Å². The van der Waals surface area contributed by atoms with Crippen LogP contribution in [0.15, 0.2) is 37.8 Å². The van der Waals surface area contributed by atoms with E-state index in [4.69, 9.17) is 70.2 Å². The van der Waals surface area contributed by atoms with Crippen LogP contribution < -0.4 is 9.26 Å². The molecule has 130 valence electrons. The summed E-state index contributed by atoms with van der Waals surface area (Å²) >= 11 is 30.2. The number of halogens is 5. The van der Waals surface area contributed by atoms with E-state index in [-0.39, 0.29) is 0 Å². The van der Waals surface area contributed by atoms with Crippen molar-refractivity contribution in [1.82, 2.24) is 0 Å². The Morgan fingerprint density at radius 2 is 1.39 bits per heavy atom. The van der Waals surface area contributed by atoms with Crippen LogP contribution in [0.1, 0.15) is 0 Å². The Kier molecular flexibility index (Phi) is 7.11. The van der Waals surface area contributed by atoms with Crippen molar-refractivity contribution in [3.8, 4) is 11.5 Å². The fraction of sp³-hybridized carbons (Fsp3) is 0.333. The molecule has 2 rings (SSSR count). The fourth-order valence-electron chi connectivity index (χ4n) is 1.46. The minimum absolute atomic E-state index is 0.406. The van der Waals surface area contributed by atoms with Gasteiger partial charge < -0.3 is 14.0 Å². The molecule has 1 atom stereocenters. The number of benzene rings is 1. The van der Waals surface area contributed by atoms with Crippen molar-refractivity contribution in [1.29, 1.82) is 0 Å².